The highest BCUT2D eigenvalue weighted by molar-refractivity contribution is 5.88. The highest BCUT2D eigenvalue weighted by Crippen LogP contribution is 2.31. The van der Waals surface area contributed by atoms with Gasteiger partial charge in [-0.15, -0.1) is 0 Å². The number of nitro groups is 1. The molecular formula is C12H6F2N2O5. The molecule has 1 aromatic heterocycles. The standard InChI is InChI=1S/C12H6F2N2O5/c13-6-5-10(7(14)4-8(6)16(19)20)21-9-2-1-3-15-11(9)12(17)18/h1-5H,(H,17,18). The fourth-order valence-electron chi connectivity index (χ4n) is 1.49. The van der Waals surface area contributed by atoms with Gasteiger partial charge in [0.15, 0.2) is 23.0 Å². The number of carboxylic acid groups (broad SMARTS) is 1. The summed E-state index contributed by atoms with van der Waals surface area (Å²) in [5.74, 6) is -4.94. The van der Waals surface area contributed by atoms with E-state index in [1.165, 1.54) is 18.3 Å². The van der Waals surface area contributed by atoms with Crippen molar-refractivity contribution in [3.05, 3.63) is 57.9 Å². The second kappa shape index (κ2) is 5.49. The molecule has 108 valence electrons. The summed E-state index contributed by atoms with van der Waals surface area (Å²) in [7, 11) is 0. The molecule has 2 aromatic rings. The molecule has 0 aliphatic heterocycles. The first kappa shape index (κ1) is 14.3. The Morgan fingerprint density at radius 2 is 2.00 bits per heavy atom. The molecule has 1 heterocycles. The molecule has 0 spiro atoms. The molecule has 1 N–H and O–H groups in total. The Hall–Kier alpha value is -3.10. The van der Waals surface area contributed by atoms with E-state index in [2.05, 4.69) is 4.98 Å². The minimum atomic E-state index is -1.42. The van der Waals surface area contributed by atoms with Crippen molar-refractivity contribution in [1.29, 1.82) is 0 Å². The maximum absolute atomic E-state index is 13.6. The average Bonchev–Trinajstić information content (AvgIpc) is 2.42. The number of halogens is 2. The lowest BCUT2D eigenvalue weighted by atomic mass is 10.2. The van der Waals surface area contributed by atoms with Crippen LogP contribution in [0, 0.1) is 21.7 Å². The Bertz CT molecular complexity index is 736. The van der Waals surface area contributed by atoms with Crippen LogP contribution in [0.3, 0.4) is 0 Å². The first-order valence-corrected chi connectivity index (χ1v) is 5.39. The lowest BCUT2D eigenvalue weighted by Crippen LogP contribution is -2.04. The van der Waals surface area contributed by atoms with Crippen molar-refractivity contribution in [2.75, 3.05) is 0 Å². The Labute approximate surface area is 115 Å². The summed E-state index contributed by atoms with van der Waals surface area (Å²) < 4.78 is 32.0. The number of nitrogens with zero attached hydrogens (tertiary/aromatic N) is 2. The Kier molecular flexibility index (Phi) is 3.74. The van der Waals surface area contributed by atoms with Crippen molar-refractivity contribution in [2.24, 2.45) is 0 Å². The van der Waals surface area contributed by atoms with Crippen molar-refractivity contribution in [3.8, 4) is 11.5 Å². The highest BCUT2D eigenvalue weighted by Gasteiger charge is 2.21. The zero-order valence-electron chi connectivity index (χ0n) is 10.1. The van der Waals surface area contributed by atoms with E-state index in [9.17, 15) is 23.7 Å². The molecule has 0 bridgehead atoms. The molecular weight excluding hydrogens is 290 g/mol. The van der Waals surface area contributed by atoms with Crippen LogP contribution in [0.2, 0.25) is 0 Å². The predicted octanol–water partition coefficient (Wildman–Crippen LogP) is 2.76. The Balaban J connectivity index is 2.44. The minimum Gasteiger partial charge on any atom is -0.476 e. The average molecular weight is 296 g/mol. The van der Waals surface area contributed by atoms with Crippen LogP contribution in [-0.4, -0.2) is 21.0 Å². The van der Waals surface area contributed by atoms with E-state index in [4.69, 9.17) is 9.84 Å². The first-order valence-electron chi connectivity index (χ1n) is 5.39. The number of aromatic carboxylic acids is 1. The number of hydrogen-bond acceptors (Lipinski definition) is 5. The van der Waals surface area contributed by atoms with Gasteiger partial charge in [0.1, 0.15) is 0 Å². The van der Waals surface area contributed by atoms with Gasteiger partial charge >= 0.3 is 11.7 Å². The summed E-state index contributed by atoms with van der Waals surface area (Å²) in [6, 6.07) is 3.34. The third-order valence-electron chi connectivity index (χ3n) is 2.39. The van der Waals surface area contributed by atoms with Crippen LogP contribution < -0.4 is 4.74 Å². The number of aromatic nitrogens is 1. The molecule has 0 radical (unpaired) electrons. The number of carbonyl (C=O) groups is 1. The van der Waals surface area contributed by atoms with Crippen molar-refractivity contribution < 1.29 is 28.3 Å². The number of benzene rings is 1. The van der Waals surface area contributed by atoms with Crippen molar-refractivity contribution in [2.45, 2.75) is 0 Å². The van der Waals surface area contributed by atoms with Crippen LogP contribution in [0.1, 0.15) is 10.5 Å². The molecule has 0 saturated heterocycles. The van der Waals surface area contributed by atoms with Crippen LogP contribution in [0.4, 0.5) is 14.5 Å². The first-order chi connectivity index (χ1) is 9.90. The molecule has 7 nitrogen and oxygen atoms in total. The van der Waals surface area contributed by atoms with Gasteiger partial charge in [-0.25, -0.2) is 14.2 Å². The molecule has 1 aromatic carbocycles. The molecule has 0 aliphatic carbocycles. The molecule has 0 amide bonds. The van der Waals surface area contributed by atoms with Gasteiger partial charge < -0.3 is 9.84 Å². The van der Waals surface area contributed by atoms with Gasteiger partial charge in [-0.3, -0.25) is 10.1 Å². The molecule has 0 unspecified atom stereocenters. The quantitative estimate of drug-likeness (QED) is 0.687. The SMILES string of the molecule is O=C(O)c1ncccc1Oc1cc(F)c([N+](=O)[O-])cc1F. The van der Waals surface area contributed by atoms with Crippen LogP contribution >= 0.6 is 0 Å². The van der Waals surface area contributed by atoms with E-state index in [1.807, 2.05) is 0 Å². The third kappa shape index (κ3) is 2.91. The number of ether oxygens (including phenoxy) is 1. The van der Waals surface area contributed by atoms with Crippen LogP contribution in [0.15, 0.2) is 30.5 Å². The summed E-state index contributed by atoms with van der Waals surface area (Å²) >= 11 is 0. The molecule has 9 heteroatoms. The summed E-state index contributed by atoms with van der Waals surface area (Å²) in [6.45, 7) is 0. The lowest BCUT2D eigenvalue weighted by molar-refractivity contribution is -0.387. The van der Waals surface area contributed by atoms with Gasteiger partial charge in [-0.05, 0) is 12.1 Å². The number of hydrogen-bond donors (Lipinski definition) is 1. The summed E-state index contributed by atoms with van der Waals surface area (Å²) in [4.78, 5) is 23.8. The third-order valence-corrected chi connectivity index (χ3v) is 2.39. The lowest BCUT2D eigenvalue weighted by Gasteiger charge is -2.08. The van der Waals surface area contributed by atoms with Crippen LogP contribution in [0.5, 0.6) is 11.5 Å². The summed E-state index contributed by atoms with van der Waals surface area (Å²) in [5, 5.41) is 19.3. The van der Waals surface area contributed by atoms with E-state index >= 15 is 0 Å². The summed E-state index contributed by atoms with van der Waals surface area (Å²) in [5.41, 5.74) is -1.56. The van der Waals surface area contributed by atoms with Gasteiger partial charge in [0.05, 0.1) is 11.0 Å². The zero-order valence-corrected chi connectivity index (χ0v) is 10.1. The van der Waals surface area contributed by atoms with E-state index in [-0.39, 0.29) is 5.75 Å². The molecule has 21 heavy (non-hydrogen) atoms. The van der Waals surface area contributed by atoms with Crippen molar-refractivity contribution in [3.63, 3.8) is 0 Å². The maximum atomic E-state index is 13.6. The van der Waals surface area contributed by atoms with E-state index in [0.29, 0.717) is 12.1 Å². The predicted molar refractivity (Wildman–Crippen MR) is 64.3 cm³/mol. The van der Waals surface area contributed by atoms with Crippen molar-refractivity contribution >= 4 is 11.7 Å². The smallest absolute Gasteiger partial charge is 0.358 e. The number of pyridine rings is 1. The molecule has 0 saturated carbocycles. The maximum Gasteiger partial charge on any atom is 0.358 e. The molecule has 0 aliphatic rings. The highest BCUT2D eigenvalue weighted by atomic mass is 19.1. The number of rotatable bonds is 4. The monoisotopic (exact) mass is 296 g/mol. The molecule has 0 fully saturated rings. The van der Waals surface area contributed by atoms with E-state index in [1.54, 1.807) is 0 Å². The normalized spacial score (nSPS) is 10.2. The fourth-order valence-corrected chi connectivity index (χ4v) is 1.49. The fraction of sp³-hybridized carbons (Fsp3) is 0. The Morgan fingerprint density at radius 1 is 1.29 bits per heavy atom. The summed E-state index contributed by atoms with van der Waals surface area (Å²) in [6.07, 6.45) is 1.18. The van der Waals surface area contributed by atoms with Crippen molar-refractivity contribution in [1.82, 2.24) is 4.98 Å². The second-order valence-corrected chi connectivity index (χ2v) is 3.75. The number of nitro benzene ring substituents is 1. The topological polar surface area (TPSA) is 103 Å². The molecule has 2 rings (SSSR count). The van der Waals surface area contributed by atoms with Gasteiger partial charge in [-0.1, -0.05) is 0 Å². The van der Waals surface area contributed by atoms with Crippen LogP contribution in [-0.2, 0) is 0 Å². The zero-order chi connectivity index (χ0) is 15.6. The van der Waals surface area contributed by atoms with Gasteiger partial charge in [-0.2, -0.15) is 4.39 Å². The molecule has 0 atom stereocenters. The van der Waals surface area contributed by atoms with E-state index < -0.39 is 39.7 Å². The van der Waals surface area contributed by atoms with Gasteiger partial charge in [0, 0.05) is 12.3 Å². The van der Waals surface area contributed by atoms with Gasteiger partial charge in [0.2, 0.25) is 5.82 Å². The minimum absolute atomic E-state index is 0.322. The van der Waals surface area contributed by atoms with Crippen LogP contribution in [0.25, 0.3) is 0 Å². The Morgan fingerprint density at radius 3 is 2.62 bits per heavy atom. The van der Waals surface area contributed by atoms with Gasteiger partial charge in [0.25, 0.3) is 0 Å². The van der Waals surface area contributed by atoms with E-state index in [0.717, 1.165) is 0 Å². The second-order valence-electron chi connectivity index (χ2n) is 3.75. The number of carboxylic acids is 1. The largest absolute Gasteiger partial charge is 0.476 e.